The van der Waals surface area contributed by atoms with Gasteiger partial charge < -0.3 is 23.7 Å². The SMILES string of the molecule is CCOC(=O)C1=C(c2ccccc2)N=c2s/c(=C\c3cc(I)c(OC)c(OC)c3)c(=O)n2[C@@H]1c1ccc(OC)c(OC)c1. The van der Waals surface area contributed by atoms with Crippen molar-refractivity contribution >= 4 is 51.7 Å². The van der Waals surface area contributed by atoms with E-state index in [-0.39, 0.29) is 17.7 Å². The van der Waals surface area contributed by atoms with E-state index in [0.29, 0.717) is 43.6 Å². The highest BCUT2D eigenvalue weighted by Gasteiger charge is 2.35. The number of esters is 1. The normalized spacial score (nSPS) is 14.6. The lowest BCUT2D eigenvalue weighted by Crippen LogP contribution is -2.40. The molecule has 0 saturated carbocycles. The maximum atomic E-state index is 14.2. The third kappa shape index (κ3) is 5.78. The first-order valence-electron chi connectivity index (χ1n) is 13.3. The van der Waals surface area contributed by atoms with E-state index >= 15 is 0 Å². The number of thiazole rings is 1. The molecule has 11 heteroatoms. The molecule has 2 heterocycles. The number of aromatic nitrogens is 1. The number of fused-ring (bicyclic) bond motifs is 1. The minimum Gasteiger partial charge on any atom is -0.493 e. The van der Waals surface area contributed by atoms with Gasteiger partial charge in [-0.05, 0) is 71.0 Å². The van der Waals surface area contributed by atoms with Gasteiger partial charge in [0.05, 0.1) is 60.5 Å². The Morgan fingerprint density at radius 2 is 1.67 bits per heavy atom. The molecule has 9 nitrogen and oxygen atoms in total. The molecule has 0 radical (unpaired) electrons. The second-order valence-electron chi connectivity index (χ2n) is 9.28. The summed E-state index contributed by atoms with van der Waals surface area (Å²) in [5.41, 5.74) is 2.50. The van der Waals surface area contributed by atoms with Gasteiger partial charge in [0.2, 0.25) is 0 Å². The molecule has 5 rings (SSSR count). The minimum absolute atomic E-state index is 0.158. The van der Waals surface area contributed by atoms with Gasteiger partial charge in [0.25, 0.3) is 5.56 Å². The lowest BCUT2D eigenvalue weighted by atomic mass is 9.93. The number of ether oxygens (including phenoxy) is 5. The molecule has 0 saturated heterocycles. The van der Waals surface area contributed by atoms with Crippen molar-refractivity contribution in [3.63, 3.8) is 0 Å². The van der Waals surface area contributed by atoms with Gasteiger partial charge in [0.1, 0.15) is 0 Å². The van der Waals surface area contributed by atoms with Gasteiger partial charge in [-0.3, -0.25) is 9.36 Å². The van der Waals surface area contributed by atoms with Gasteiger partial charge in [0, 0.05) is 5.56 Å². The van der Waals surface area contributed by atoms with Crippen LogP contribution in [0.4, 0.5) is 0 Å². The number of benzene rings is 3. The largest absolute Gasteiger partial charge is 0.493 e. The monoisotopic (exact) mass is 712 g/mol. The Kier molecular flexibility index (Phi) is 9.21. The molecule has 1 aromatic heterocycles. The predicted octanol–water partition coefficient (Wildman–Crippen LogP) is 4.57. The molecule has 1 atom stereocenters. The molecule has 0 N–H and O–H groups in total. The molecule has 4 aromatic rings. The average Bonchev–Trinajstić information content (AvgIpc) is 3.33. The van der Waals surface area contributed by atoms with E-state index in [4.69, 9.17) is 28.7 Å². The number of hydrogen-bond donors (Lipinski definition) is 0. The zero-order valence-corrected chi connectivity index (χ0v) is 27.1. The Balaban J connectivity index is 1.83. The molecular formula is C32H29IN2O7S. The standard InChI is InChI=1S/C32H29IN2O7S/c1-6-42-31(37)26-27(19-10-8-7-9-11-19)34-32-35(28(26)20-12-13-22(38-2)23(17-20)39-3)30(36)25(43-32)16-18-14-21(33)29(41-5)24(15-18)40-4/h7-17,28H,6H2,1-5H3/b25-16-/t28-/m1/s1. The van der Waals surface area contributed by atoms with Crippen LogP contribution in [0.25, 0.3) is 11.8 Å². The van der Waals surface area contributed by atoms with Crippen LogP contribution < -0.4 is 33.8 Å². The molecule has 0 aliphatic carbocycles. The van der Waals surface area contributed by atoms with Gasteiger partial charge >= 0.3 is 5.97 Å². The highest BCUT2D eigenvalue weighted by molar-refractivity contribution is 14.1. The van der Waals surface area contributed by atoms with Crippen molar-refractivity contribution in [2.24, 2.45) is 4.99 Å². The van der Waals surface area contributed by atoms with Crippen molar-refractivity contribution in [3.05, 3.63) is 106 Å². The van der Waals surface area contributed by atoms with Crippen LogP contribution in [-0.4, -0.2) is 45.6 Å². The second-order valence-corrected chi connectivity index (χ2v) is 11.5. The van der Waals surface area contributed by atoms with Crippen molar-refractivity contribution in [1.82, 2.24) is 4.57 Å². The third-order valence-electron chi connectivity index (χ3n) is 6.85. The van der Waals surface area contributed by atoms with Crippen LogP contribution in [0.1, 0.15) is 29.7 Å². The molecule has 0 amide bonds. The summed E-state index contributed by atoms with van der Waals surface area (Å²) in [4.78, 5) is 33.2. The molecule has 0 bridgehead atoms. The first-order chi connectivity index (χ1) is 20.8. The summed E-state index contributed by atoms with van der Waals surface area (Å²) in [6, 6.07) is 17.6. The van der Waals surface area contributed by atoms with E-state index in [1.54, 1.807) is 51.0 Å². The fraction of sp³-hybridized carbons (Fsp3) is 0.219. The molecule has 0 fully saturated rings. The Morgan fingerprint density at radius 1 is 0.953 bits per heavy atom. The summed E-state index contributed by atoms with van der Waals surface area (Å²) >= 11 is 3.41. The first kappa shape index (κ1) is 30.4. The van der Waals surface area contributed by atoms with Gasteiger partial charge in [-0.25, -0.2) is 9.79 Å². The van der Waals surface area contributed by atoms with Crippen molar-refractivity contribution in [1.29, 1.82) is 0 Å². The number of rotatable bonds is 9. The van der Waals surface area contributed by atoms with Crippen LogP contribution in [0.15, 0.2) is 76.0 Å². The first-order valence-corrected chi connectivity index (χ1v) is 15.2. The molecular weight excluding hydrogens is 683 g/mol. The maximum absolute atomic E-state index is 14.2. The second kappa shape index (κ2) is 13.0. The summed E-state index contributed by atoms with van der Waals surface area (Å²) in [6.07, 6.45) is 1.79. The lowest BCUT2D eigenvalue weighted by molar-refractivity contribution is -0.138. The summed E-state index contributed by atoms with van der Waals surface area (Å²) in [5.74, 6) is 1.58. The highest BCUT2D eigenvalue weighted by atomic mass is 127. The van der Waals surface area contributed by atoms with E-state index in [1.807, 2.05) is 48.5 Å². The topological polar surface area (TPSA) is 97.6 Å². The highest BCUT2D eigenvalue weighted by Crippen LogP contribution is 2.38. The fourth-order valence-electron chi connectivity index (χ4n) is 4.95. The van der Waals surface area contributed by atoms with Gasteiger partial charge in [0.15, 0.2) is 27.8 Å². The maximum Gasteiger partial charge on any atom is 0.338 e. The molecule has 222 valence electrons. The lowest BCUT2D eigenvalue weighted by Gasteiger charge is -2.26. The molecule has 3 aromatic carbocycles. The van der Waals surface area contributed by atoms with E-state index < -0.39 is 12.0 Å². The number of carbonyl (C=O) groups is 1. The zero-order valence-electron chi connectivity index (χ0n) is 24.2. The molecule has 0 unspecified atom stereocenters. The number of methoxy groups -OCH3 is 4. The van der Waals surface area contributed by atoms with Crippen molar-refractivity contribution < 1.29 is 28.5 Å². The minimum atomic E-state index is -0.849. The van der Waals surface area contributed by atoms with Crippen LogP contribution in [0, 0.1) is 3.57 Å². The zero-order chi connectivity index (χ0) is 30.7. The summed E-state index contributed by atoms with van der Waals surface area (Å²) < 4.78 is 30.4. The van der Waals surface area contributed by atoms with Crippen molar-refractivity contribution in [2.75, 3.05) is 35.0 Å². The van der Waals surface area contributed by atoms with Gasteiger partial charge in [-0.2, -0.15) is 0 Å². The quantitative estimate of drug-likeness (QED) is 0.185. The van der Waals surface area contributed by atoms with Crippen LogP contribution in [0.3, 0.4) is 0 Å². The van der Waals surface area contributed by atoms with Gasteiger partial charge in [-0.1, -0.05) is 47.7 Å². The molecule has 0 spiro atoms. The summed E-state index contributed by atoms with van der Waals surface area (Å²) in [7, 11) is 6.23. The van der Waals surface area contributed by atoms with E-state index in [9.17, 15) is 9.59 Å². The predicted molar refractivity (Wildman–Crippen MR) is 173 cm³/mol. The summed E-state index contributed by atoms with van der Waals surface area (Å²) in [5, 5.41) is 0. The fourth-order valence-corrected chi connectivity index (χ4v) is 6.80. The number of nitrogens with zero attached hydrogens (tertiary/aromatic N) is 2. The molecule has 1 aliphatic heterocycles. The van der Waals surface area contributed by atoms with Crippen LogP contribution in [0.2, 0.25) is 0 Å². The molecule has 43 heavy (non-hydrogen) atoms. The van der Waals surface area contributed by atoms with Crippen LogP contribution in [-0.2, 0) is 9.53 Å². The Morgan fingerprint density at radius 3 is 2.33 bits per heavy atom. The number of carbonyl (C=O) groups excluding carboxylic acids is 1. The van der Waals surface area contributed by atoms with Crippen LogP contribution >= 0.6 is 33.9 Å². The number of hydrogen-bond acceptors (Lipinski definition) is 9. The van der Waals surface area contributed by atoms with E-state index in [2.05, 4.69) is 22.6 Å². The Labute approximate surface area is 265 Å². The smallest absolute Gasteiger partial charge is 0.338 e. The van der Waals surface area contributed by atoms with Gasteiger partial charge in [-0.15, -0.1) is 0 Å². The van der Waals surface area contributed by atoms with E-state index in [1.165, 1.54) is 18.4 Å². The summed E-state index contributed by atoms with van der Waals surface area (Å²) in [6.45, 7) is 1.90. The van der Waals surface area contributed by atoms with Crippen molar-refractivity contribution in [2.45, 2.75) is 13.0 Å². The van der Waals surface area contributed by atoms with Crippen LogP contribution in [0.5, 0.6) is 23.0 Å². The number of halogens is 1. The molecule has 1 aliphatic rings. The average molecular weight is 713 g/mol. The van der Waals surface area contributed by atoms with Crippen molar-refractivity contribution in [3.8, 4) is 23.0 Å². The Hall–Kier alpha value is -4.10. The third-order valence-corrected chi connectivity index (χ3v) is 8.63. The van der Waals surface area contributed by atoms with E-state index in [0.717, 1.165) is 14.7 Å². The Bertz CT molecular complexity index is 1900.